The molecule has 160 valence electrons. The minimum atomic E-state index is -3.65. The van der Waals surface area contributed by atoms with Crippen molar-refractivity contribution < 1.29 is 18.3 Å². The third-order valence-corrected chi connectivity index (χ3v) is 6.65. The smallest absolute Gasteiger partial charge is 0.405 e. The Morgan fingerprint density at radius 1 is 1.31 bits per heavy atom. The molecule has 2 N–H and O–H groups in total. The maximum atomic E-state index is 12.8. The average Bonchev–Trinajstić information content (AvgIpc) is 2.68. The van der Waals surface area contributed by atoms with Crippen LogP contribution in [0.1, 0.15) is 32.6 Å². The molecule has 10 heteroatoms. The molecule has 1 aliphatic rings. The molecule has 1 aromatic heterocycles. The minimum Gasteiger partial charge on any atom is -0.465 e. The number of carboxylic acid groups (broad SMARTS) is 1. The second-order valence-corrected chi connectivity index (χ2v) is 9.23. The Morgan fingerprint density at radius 3 is 2.62 bits per heavy atom. The van der Waals surface area contributed by atoms with Crippen LogP contribution in [0.5, 0.6) is 0 Å². The molecule has 1 atom stereocenters. The fourth-order valence-electron chi connectivity index (χ4n) is 2.99. The molecule has 1 saturated heterocycles. The van der Waals surface area contributed by atoms with E-state index in [9.17, 15) is 13.2 Å². The predicted molar refractivity (Wildman–Crippen MR) is 114 cm³/mol. The van der Waals surface area contributed by atoms with Gasteiger partial charge in [-0.3, -0.25) is 0 Å². The number of halogens is 1. The zero-order valence-electron chi connectivity index (χ0n) is 16.5. The number of carbonyl (C=O) groups is 1. The molecule has 29 heavy (non-hydrogen) atoms. The number of anilines is 1. The number of aromatic nitrogens is 1. The van der Waals surface area contributed by atoms with Crippen LogP contribution in [0.2, 0.25) is 5.02 Å². The third-order valence-electron chi connectivity index (χ3n) is 4.52. The van der Waals surface area contributed by atoms with Gasteiger partial charge in [-0.2, -0.15) is 4.31 Å². The SMILES string of the molecule is CCCCCC#CC(CS(=O)(=O)N1CCN(c2ccc(Cl)cn2)CC1)NC(=O)O. The Bertz CT molecular complexity index is 828. The molecule has 2 rings (SSSR count). The first-order chi connectivity index (χ1) is 13.8. The number of unbranched alkanes of at least 4 members (excludes halogenated alkanes) is 3. The summed E-state index contributed by atoms with van der Waals surface area (Å²) in [4.78, 5) is 17.3. The molecule has 1 aromatic rings. The summed E-state index contributed by atoms with van der Waals surface area (Å²) in [7, 11) is -3.65. The van der Waals surface area contributed by atoms with Crippen LogP contribution in [-0.4, -0.2) is 66.9 Å². The maximum Gasteiger partial charge on any atom is 0.405 e. The average molecular weight is 443 g/mol. The van der Waals surface area contributed by atoms with Crippen LogP contribution in [0.25, 0.3) is 0 Å². The van der Waals surface area contributed by atoms with Crippen molar-refractivity contribution in [3.05, 3.63) is 23.4 Å². The van der Waals surface area contributed by atoms with Gasteiger partial charge in [0, 0.05) is 38.8 Å². The molecule has 1 aliphatic heterocycles. The molecule has 2 heterocycles. The standard InChI is InChI=1S/C19H27ClN4O4S/c1-2-3-4-5-6-7-17(22-19(25)26)15-29(27,28)24-12-10-23(11-13-24)18-9-8-16(20)14-21-18/h8-9,14,17,22H,2-5,10-13,15H2,1H3,(H,25,26). The van der Waals surface area contributed by atoms with E-state index in [0.29, 0.717) is 37.6 Å². The van der Waals surface area contributed by atoms with E-state index >= 15 is 0 Å². The Balaban J connectivity index is 1.95. The summed E-state index contributed by atoms with van der Waals surface area (Å²) in [5.41, 5.74) is 0. The van der Waals surface area contributed by atoms with Crippen molar-refractivity contribution in [1.82, 2.24) is 14.6 Å². The van der Waals surface area contributed by atoms with E-state index in [4.69, 9.17) is 16.7 Å². The van der Waals surface area contributed by atoms with Crippen LogP contribution < -0.4 is 10.2 Å². The van der Waals surface area contributed by atoms with Gasteiger partial charge in [-0.15, -0.1) is 5.92 Å². The summed E-state index contributed by atoms with van der Waals surface area (Å²) in [6.07, 6.45) is 3.91. The second-order valence-electron chi connectivity index (χ2n) is 6.78. The monoisotopic (exact) mass is 442 g/mol. The molecule has 0 aromatic carbocycles. The largest absolute Gasteiger partial charge is 0.465 e. The third kappa shape index (κ3) is 7.72. The summed E-state index contributed by atoms with van der Waals surface area (Å²) in [5, 5.41) is 11.8. The first kappa shape index (κ1) is 23.3. The molecule has 1 amide bonds. The van der Waals surface area contributed by atoms with E-state index in [1.54, 1.807) is 18.3 Å². The number of hydrogen-bond acceptors (Lipinski definition) is 5. The normalized spacial score (nSPS) is 16.0. The van der Waals surface area contributed by atoms with Gasteiger partial charge in [0.2, 0.25) is 10.0 Å². The Hall–Kier alpha value is -2.02. The van der Waals surface area contributed by atoms with Crippen LogP contribution in [0.15, 0.2) is 18.3 Å². The highest BCUT2D eigenvalue weighted by Gasteiger charge is 2.30. The first-order valence-electron chi connectivity index (χ1n) is 9.64. The van der Waals surface area contributed by atoms with Gasteiger partial charge in [-0.05, 0) is 18.6 Å². The quantitative estimate of drug-likeness (QED) is 0.473. The van der Waals surface area contributed by atoms with Crippen LogP contribution >= 0.6 is 11.6 Å². The number of piperazine rings is 1. The molecule has 0 spiro atoms. The summed E-state index contributed by atoms with van der Waals surface area (Å²) in [5.74, 6) is 6.03. The number of pyridine rings is 1. The Labute approximate surface area is 177 Å². The molecule has 0 bridgehead atoms. The summed E-state index contributed by atoms with van der Waals surface area (Å²) < 4.78 is 26.9. The van der Waals surface area contributed by atoms with Crippen molar-refractivity contribution in [2.75, 3.05) is 36.8 Å². The molecule has 0 radical (unpaired) electrons. The molecular weight excluding hydrogens is 416 g/mol. The van der Waals surface area contributed by atoms with Crippen molar-refractivity contribution in [2.24, 2.45) is 0 Å². The summed E-state index contributed by atoms with van der Waals surface area (Å²) in [6.45, 7) is 3.67. The van der Waals surface area contributed by atoms with Gasteiger partial charge in [-0.25, -0.2) is 18.2 Å². The lowest BCUT2D eigenvalue weighted by molar-refractivity contribution is 0.193. The lowest BCUT2D eigenvalue weighted by Crippen LogP contribution is -2.51. The number of rotatable bonds is 8. The molecule has 0 saturated carbocycles. The van der Waals surface area contributed by atoms with Gasteiger partial charge in [0.25, 0.3) is 0 Å². The van der Waals surface area contributed by atoms with Crippen molar-refractivity contribution in [3.63, 3.8) is 0 Å². The van der Waals surface area contributed by atoms with E-state index in [1.807, 2.05) is 4.90 Å². The first-order valence-corrected chi connectivity index (χ1v) is 11.6. The van der Waals surface area contributed by atoms with Crippen LogP contribution in [-0.2, 0) is 10.0 Å². The zero-order chi connectivity index (χ0) is 21.3. The molecule has 1 fully saturated rings. The van der Waals surface area contributed by atoms with Crippen molar-refractivity contribution >= 4 is 33.5 Å². The van der Waals surface area contributed by atoms with E-state index in [-0.39, 0.29) is 5.75 Å². The van der Waals surface area contributed by atoms with E-state index in [0.717, 1.165) is 25.1 Å². The van der Waals surface area contributed by atoms with Crippen LogP contribution in [0, 0.1) is 11.8 Å². The van der Waals surface area contributed by atoms with Crippen molar-refractivity contribution in [1.29, 1.82) is 0 Å². The number of amides is 1. The highest BCUT2D eigenvalue weighted by atomic mass is 35.5. The molecule has 1 unspecified atom stereocenters. The van der Waals surface area contributed by atoms with Crippen molar-refractivity contribution in [2.45, 2.75) is 38.6 Å². The summed E-state index contributed by atoms with van der Waals surface area (Å²) >= 11 is 5.85. The van der Waals surface area contributed by atoms with Gasteiger partial charge in [0.1, 0.15) is 11.9 Å². The highest BCUT2D eigenvalue weighted by molar-refractivity contribution is 7.89. The van der Waals surface area contributed by atoms with Gasteiger partial charge in [0.15, 0.2) is 0 Å². The van der Waals surface area contributed by atoms with Crippen LogP contribution in [0.3, 0.4) is 0 Å². The number of hydrogen-bond donors (Lipinski definition) is 2. The second kappa shape index (κ2) is 11.2. The van der Waals surface area contributed by atoms with Crippen molar-refractivity contribution in [3.8, 4) is 11.8 Å². The van der Waals surface area contributed by atoms with E-state index in [1.165, 1.54) is 4.31 Å². The van der Waals surface area contributed by atoms with Gasteiger partial charge < -0.3 is 15.3 Å². The molecular formula is C19H27ClN4O4S. The fourth-order valence-corrected chi connectivity index (χ4v) is 4.62. The number of nitrogens with zero attached hydrogens (tertiary/aromatic N) is 3. The topological polar surface area (TPSA) is 103 Å². The highest BCUT2D eigenvalue weighted by Crippen LogP contribution is 2.17. The summed E-state index contributed by atoms with van der Waals surface area (Å²) in [6, 6.07) is 2.59. The number of nitrogens with one attached hydrogen (secondary N) is 1. The number of sulfonamides is 1. The lowest BCUT2D eigenvalue weighted by atomic mass is 10.2. The van der Waals surface area contributed by atoms with E-state index in [2.05, 4.69) is 29.1 Å². The molecule has 8 nitrogen and oxygen atoms in total. The Morgan fingerprint density at radius 2 is 2.03 bits per heavy atom. The fraction of sp³-hybridized carbons (Fsp3) is 0.579. The Kier molecular flexibility index (Phi) is 9.01. The zero-order valence-corrected chi connectivity index (χ0v) is 18.0. The van der Waals surface area contributed by atoms with E-state index < -0.39 is 22.2 Å². The van der Waals surface area contributed by atoms with Gasteiger partial charge >= 0.3 is 6.09 Å². The minimum absolute atomic E-state index is 0.302. The lowest BCUT2D eigenvalue weighted by Gasteiger charge is -2.35. The van der Waals surface area contributed by atoms with Crippen LogP contribution in [0.4, 0.5) is 10.6 Å². The molecule has 0 aliphatic carbocycles. The van der Waals surface area contributed by atoms with Gasteiger partial charge in [-0.1, -0.05) is 37.3 Å². The predicted octanol–water partition coefficient (Wildman–Crippen LogP) is 2.41. The maximum absolute atomic E-state index is 12.8. The van der Waals surface area contributed by atoms with Gasteiger partial charge in [0.05, 0.1) is 10.8 Å².